The summed E-state index contributed by atoms with van der Waals surface area (Å²) in [6, 6.07) is 0. The van der Waals surface area contributed by atoms with Gasteiger partial charge in [-0.3, -0.25) is 4.79 Å². The van der Waals surface area contributed by atoms with Gasteiger partial charge in [-0.1, -0.05) is 32.9 Å². The number of carbonyl (C=O) groups is 1. The second kappa shape index (κ2) is 6.62. The largest absolute Gasteiger partial charge is 0.353 e. The average molecular weight is 294 g/mol. The molecule has 1 unspecified atom stereocenters. The molecule has 0 aliphatic heterocycles. The van der Waals surface area contributed by atoms with Crippen LogP contribution in [0.1, 0.15) is 53.9 Å². The molecule has 5 atom stereocenters. The minimum Gasteiger partial charge on any atom is -0.353 e. The fourth-order valence-corrected chi connectivity index (χ4v) is 3.62. The van der Waals surface area contributed by atoms with E-state index in [9.17, 15) is 4.79 Å². The van der Waals surface area contributed by atoms with E-state index >= 15 is 0 Å². The summed E-state index contributed by atoms with van der Waals surface area (Å²) in [5.41, 5.74) is -0.206. The molecule has 21 heavy (non-hydrogen) atoms. The lowest BCUT2D eigenvalue weighted by atomic mass is 9.65. The molecule has 3 aliphatic rings. The van der Waals surface area contributed by atoms with Crippen molar-refractivity contribution in [1.29, 1.82) is 0 Å². The lowest BCUT2D eigenvalue weighted by Gasteiger charge is -2.41. The van der Waals surface area contributed by atoms with E-state index in [4.69, 9.17) is 9.47 Å². The molecule has 3 nitrogen and oxygen atoms in total. The molecule has 0 heterocycles. The molecule has 1 fully saturated rings. The van der Waals surface area contributed by atoms with Gasteiger partial charge in [0, 0.05) is 12.5 Å². The quantitative estimate of drug-likeness (QED) is 0.549. The van der Waals surface area contributed by atoms with Gasteiger partial charge in [0.2, 0.25) is 0 Å². The predicted octanol–water partition coefficient (Wildman–Crippen LogP) is 3.97. The Balaban J connectivity index is 2.09. The van der Waals surface area contributed by atoms with E-state index in [0.29, 0.717) is 18.4 Å². The number of ketones is 1. The molecule has 0 amide bonds. The highest BCUT2D eigenvalue weighted by molar-refractivity contribution is 5.87. The molecule has 0 spiro atoms. The van der Waals surface area contributed by atoms with Crippen molar-refractivity contribution >= 4 is 5.78 Å². The lowest BCUT2D eigenvalue weighted by Crippen LogP contribution is -2.46. The molecule has 2 bridgehead atoms. The average Bonchev–Trinajstić information content (AvgIpc) is 2.44. The van der Waals surface area contributed by atoms with Crippen LogP contribution < -0.4 is 0 Å². The van der Waals surface area contributed by atoms with Crippen molar-refractivity contribution < 1.29 is 14.3 Å². The van der Waals surface area contributed by atoms with Crippen LogP contribution in [0.25, 0.3) is 0 Å². The number of hydrogen-bond donors (Lipinski definition) is 0. The molecule has 0 aromatic rings. The van der Waals surface area contributed by atoms with Gasteiger partial charge in [-0.05, 0) is 50.4 Å². The Kier molecular flexibility index (Phi) is 5.26. The van der Waals surface area contributed by atoms with Crippen molar-refractivity contribution in [2.24, 2.45) is 23.2 Å². The maximum Gasteiger partial charge on any atom is 0.165 e. The molecule has 0 saturated heterocycles. The number of hydrogen-bond acceptors (Lipinski definition) is 3. The Morgan fingerprint density at radius 1 is 1.29 bits per heavy atom. The minimum absolute atomic E-state index is 0.131. The molecular formula is C18H30O3. The highest BCUT2D eigenvalue weighted by Crippen LogP contribution is 2.43. The monoisotopic (exact) mass is 294 g/mol. The van der Waals surface area contributed by atoms with Crippen LogP contribution in [0.4, 0.5) is 0 Å². The summed E-state index contributed by atoms with van der Waals surface area (Å²) in [6.45, 7) is 10.6. The maximum absolute atomic E-state index is 13.1. The zero-order valence-electron chi connectivity index (χ0n) is 14.1. The third kappa shape index (κ3) is 3.95. The topological polar surface area (TPSA) is 35.5 Å². The highest BCUT2D eigenvalue weighted by atomic mass is 16.7. The number of Topliss-reactive ketones (excluding diaryl/α,β-unsaturated/α-hetero) is 1. The Morgan fingerprint density at radius 2 is 2.00 bits per heavy atom. The summed E-state index contributed by atoms with van der Waals surface area (Å²) < 4.78 is 11.5. The fourth-order valence-electron chi connectivity index (χ4n) is 3.62. The third-order valence-electron chi connectivity index (χ3n) is 4.71. The molecule has 1 saturated carbocycles. The van der Waals surface area contributed by atoms with Crippen LogP contribution in [0.3, 0.4) is 0 Å². The van der Waals surface area contributed by atoms with Crippen molar-refractivity contribution in [2.75, 3.05) is 6.61 Å². The molecule has 0 aromatic carbocycles. The second-order valence-electron chi connectivity index (χ2n) is 7.54. The molecule has 120 valence electrons. The zero-order chi connectivity index (χ0) is 15.6. The van der Waals surface area contributed by atoms with Gasteiger partial charge in [0.1, 0.15) is 6.10 Å². The first-order chi connectivity index (χ1) is 9.82. The van der Waals surface area contributed by atoms with E-state index in [1.54, 1.807) is 0 Å². The van der Waals surface area contributed by atoms with Crippen molar-refractivity contribution in [3.8, 4) is 0 Å². The number of allylic oxidation sites excluding steroid dienone is 2. The van der Waals surface area contributed by atoms with Crippen molar-refractivity contribution in [2.45, 2.75) is 66.3 Å². The van der Waals surface area contributed by atoms with E-state index in [2.05, 4.69) is 32.9 Å². The van der Waals surface area contributed by atoms with Crippen molar-refractivity contribution in [1.82, 2.24) is 0 Å². The second-order valence-corrected chi connectivity index (χ2v) is 7.54. The van der Waals surface area contributed by atoms with Crippen LogP contribution in [-0.2, 0) is 14.3 Å². The summed E-state index contributed by atoms with van der Waals surface area (Å²) in [5.74, 6) is 1.41. The number of ether oxygens (including phenoxy) is 2. The zero-order valence-corrected chi connectivity index (χ0v) is 14.1. The summed E-state index contributed by atoms with van der Waals surface area (Å²) >= 11 is 0. The van der Waals surface area contributed by atoms with Crippen LogP contribution >= 0.6 is 0 Å². The SMILES string of the molecule is CCOC(C)O[C@H](C(=O)[C@H]1C[C@H]2C=C[C@@H]1CC2)C(C)(C)C. The van der Waals surface area contributed by atoms with Gasteiger partial charge in [-0.25, -0.2) is 0 Å². The van der Waals surface area contributed by atoms with E-state index < -0.39 is 6.10 Å². The van der Waals surface area contributed by atoms with Crippen LogP contribution in [0, 0.1) is 23.2 Å². The summed E-state index contributed by atoms with van der Waals surface area (Å²) in [5, 5.41) is 0. The third-order valence-corrected chi connectivity index (χ3v) is 4.71. The normalized spacial score (nSPS) is 31.2. The van der Waals surface area contributed by atoms with Gasteiger partial charge in [-0.2, -0.15) is 0 Å². The molecule has 3 heteroatoms. The van der Waals surface area contributed by atoms with E-state index in [0.717, 1.165) is 12.8 Å². The number of rotatable bonds is 6. The van der Waals surface area contributed by atoms with Gasteiger partial charge in [-0.15, -0.1) is 0 Å². The Hall–Kier alpha value is -0.670. The van der Waals surface area contributed by atoms with E-state index in [1.807, 2.05) is 13.8 Å². The summed E-state index contributed by atoms with van der Waals surface area (Å²) in [4.78, 5) is 13.1. The molecule has 3 rings (SSSR count). The first kappa shape index (κ1) is 16.7. The van der Waals surface area contributed by atoms with E-state index in [-0.39, 0.29) is 23.4 Å². The predicted molar refractivity (Wildman–Crippen MR) is 83.9 cm³/mol. The Morgan fingerprint density at radius 3 is 2.43 bits per heavy atom. The fraction of sp³-hybridized carbons (Fsp3) is 0.833. The molecular weight excluding hydrogens is 264 g/mol. The van der Waals surface area contributed by atoms with Crippen molar-refractivity contribution in [3.05, 3.63) is 12.2 Å². The van der Waals surface area contributed by atoms with Gasteiger partial charge in [0.25, 0.3) is 0 Å². The van der Waals surface area contributed by atoms with Crippen LogP contribution in [0.2, 0.25) is 0 Å². The first-order valence-electron chi connectivity index (χ1n) is 8.32. The minimum atomic E-state index is -0.392. The molecule has 3 aliphatic carbocycles. The van der Waals surface area contributed by atoms with Gasteiger partial charge >= 0.3 is 0 Å². The lowest BCUT2D eigenvalue weighted by molar-refractivity contribution is -0.190. The van der Waals surface area contributed by atoms with Crippen molar-refractivity contribution in [3.63, 3.8) is 0 Å². The van der Waals surface area contributed by atoms with Crippen LogP contribution in [0.15, 0.2) is 12.2 Å². The number of carbonyl (C=O) groups excluding carboxylic acids is 1. The van der Waals surface area contributed by atoms with Crippen LogP contribution in [-0.4, -0.2) is 24.8 Å². The van der Waals surface area contributed by atoms with E-state index in [1.165, 1.54) is 6.42 Å². The summed E-state index contributed by atoms with van der Waals surface area (Å²) in [6.07, 6.45) is 7.21. The van der Waals surface area contributed by atoms with Gasteiger partial charge < -0.3 is 9.47 Å². The molecule has 0 N–H and O–H groups in total. The summed E-state index contributed by atoms with van der Waals surface area (Å²) in [7, 11) is 0. The number of fused-ring (bicyclic) bond motifs is 2. The van der Waals surface area contributed by atoms with Gasteiger partial charge in [0.15, 0.2) is 12.1 Å². The smallest absolute Gasteiger partial charge is 0.165 e. The Bertz CT molecular complexity index is 394. The first-order valence-corrected chi connectivity index (χ1v) is 8.32. The van der Waals surface area contributed by atoms with Crippen LogP contribution in [0.5, 0.6) is 0 Å². The molecule has 0 aromatic heterocycles. The van der Waals surface area contributed by atoms with Gasteiger partial charge in [0.05, 0.1) is 0 Å². The molecule has 0 radical (unpaired) electrons. The highest BCUT2D eigenvalue weighted by Gasteiger charge is 2.43. The Labute approximate surface area is 129 Å². The standard InChI is InChI=1S/C18H30O3/c1-6-20-12(2)21-17(18(3,4)5)16(19)15-11-13-7-9-14(15)10-8-13/h7,9,12-15,17H,6,8,10-11H2,1-5H3/t12?,13-,14+,15-,17+/m0/s1. The maximum atomic E-state index is 13.1.